The Bertz CT molecular complexity index is 1700. The van der Waals surface area contributed by atoms with E-state index in [0.29, 0.717) is 29.2 Å². The van der Waals surface area contributed by atoms with E-state index in [9.17, 15) is 24.5 Å². The number of non-ortho nitro benzene ring substituents is 1. The first kappa shape index (κ1) is 28.0. The highest BCUT2D eigenvalue weighted by Gasteiger charge is 2.37. The minimum absolute atomic E-state index is 0.0329. The molecule has 4 aromatic carbocycles. The fourth-order valence-corrected chi connectivity index (χ4v) is 4.49. The molecular formula is C32H27N3O7. The van der Waals surface area contributed by atoms with Gasteiger partial charge in [0.05, 0.1) is 17.2 Å². The van der Waals surface area contributed by atoms with Crippen molar-refractivity contribution in [1.82, 2.24) is 5.32 Å². The Labute approximate surface area is 241 Å². The van der Waals surface area contributed by atoms with Gasteiger partial charge in [0.25, 0.3) is 17.5 Å². The first-order chi connectivity index (χ1) is 20.4. The van der Waals surface area contributed by atoms with Gasteiger partial charge in [0, 0.05) is 17.7 Å². The summed E-state index contributed by atoms with van der Waals surface area (Å²) in [4.78, 5) is 50.7. The number of fused-ring (bicyclic) bond motifs is 1. The number of rotatable bonds is 10. The van der Waals surface area contributed by atoms with Crippen LogP contribution in [0.25, 0.3) is 16.8 Å². The number of nitro groups is 1. The zero-order valence-corrected chi connectivity index (χ0v) is 22.7. The lowest BCUT2D eigenvalue weighted by Gasteiger charge is -2.26. The minimum Gasteiger partial charge on any atom is -0.494 e. The van der Waals surface area contributed by atoms with Crippen molar-refractivity contribution in [3.8, 4) is 11.5 Å². The van der Waals surface area contributed by atoms with Crippen LogP contribution in [0.15, 0.2) is 90.5 Å². The van der Waals surface area contributed by atoms with Crippen LogP contribution in [0.1, 0.15) is 30.9 Å². The lowest BCUT2D eigenvalue weighted by atomic mass is 9.99. The van der Waals surface area contributed by atoms with Crippen molar-refractivity contribution in [2.45, 2.75) is 26.4 Å². The van der Waals surface area contributed by atoms with Crippen LogP contribution in [-0.2, 0) is 16.2 Å². The summed E-state index contributed by atoms with van der Waals surface area (Å²) < 4.78 is 11.7. The number of amides is 4. The van der Waals surface area contributed by atoms with Gasteiger partial charge < -0.3 is 9.47 Å². The average Bonchev–Trinajstić information content (AvgIpc) is 2.99. The number of imide groups is 2. The number of nitro benzene ring substituents is 1. The lowest BCUT2D eigenvalue weighted by Crippen LogP contribution is -2.54. The number of hydrogen-bond donors (Lipinski definition) is 1. The van der Waals surface area contributed by atoms with Crippen LogP contribution in [-0.4, -0.2) is 29.4 Å². The Morgan fingerprint density at radius 2 is 1.64 bits per heavy atom. The largest absolute Gasteiger partial charge is 0.494 e. The molecule has 1 aliphatic heterocycles. The molecule has 0 unspecified atom stereocenters. The fourth-order valence-electron chi connectivity index (χ4n) is 4.49. The highest BCUT2D eigenvalue weighted by molar-refractivity contribution is 6.39. The summed E-state index contributed by atoms with van der Waals surface area (Å²) in [5, 5.41) is 14.8. The molecule has 0 radical (unpaired) electrons. The number of ether oxygens (including phenoxy) is 2. The number of carbonyl (C=O) groups is 3. The quantitative estimate of drug-likeness (QED) is 0.0800. The van der Waals surface area contributed by atoms with Crippen molar-refractivity contribution in [1.29, 1.82) is 0 Å². The van der Waals surface area contributed by atoms with Crippen molar-refractivity contribution in [2.75, 3.05) is 11.5 Å². The number of nitrogens with zero attached hydrogens (tertiary/aromatic N) is 2. The Morgan fingerprint density at radius 1 is 0.905 bits per heavy atom. The zero-order valence-electron chi connectivity index (χ0n) is 22.7. The number of hydrogen-bond acceptors (Lipinski definition) is 7. The van der Waals surface area contributed by atoms with Gasteiger partial charge in [-0.1, -0.05) is 43.7 Å². The van der Waals surface area contributed by atoms with Crippen LogP contribution in [0.4, 0.5) is 16.2 Å². The molecule has 4 amide bonds. The molecule has 1 saturated heterocycles. The van der Waals surface area contributed by atoms with Crippen molar-refractivity contribution in [2.24, 2.45) is 0 Å². The Kier molecular flexibility index (Phi) is 8.24. The van der Waals surface area contributed by atoms with Gasteiger partial charge in [-0.05, 0) is 71.3 Å². The Morgan fingerprint density at radius 3 is 2.36 bits per heavy atom. The molecule has 0 aromatic heterocycles. The maximum Gasteiger partial charge on any atom is 0.335 e. The third kappa shape index (κ3) is 5.97. The summed E-state index contributed by atoms with van der Waals surface area (Å²) in [6, 6.07) is 22.6. The van der Waals surface area contributed by atoms with E-state index in [4.69, 9.17) is 9.47 Å². The molecular weight excluding hydrogens is 538 g/mol. The molecule has 1 aliphatic rings. The van der Waals surface area contributed by atoms with Crippen LogP contribution >= 0.6 is 0 Å². The number of unbranched alkanes of at least 4 members (excludes halogenated alkanes) is 1. The SMILES string of the molecule is CCCCOc1ccc(N2C(=O)NC(=O)/C(=C/c3c(OCc4ccc([N+](=O)[O-])cc4)ccc4ccccc34)C2=O)cc1. The van der Waals surface area contributed by atoms with Gasteiger partial charge in [0.15, 0.2) is 0 Å². The van der Waals surface area contributed by atoms with E-state index < -0.39 is 22.8 Å². The molecule has 10 nitrogen and oxygen atoms in total. The molecule has 0 aliphatic carbocycles. The Balaban J connectivity index is 1.47. The second-order valence-electron chi connectivity index (χ2n) is 9.56. The molecule has 1 N–H and O–H groups in total. The van der Waals surface area contributed by atoms with E-state index in [1.807, 2.05) is 30.3 Å². The minimum atomic E-state index is -0.852. The van der Waals surface area contributed by atoms with Crippen LogP contribution < -0.4 is 19.7 Å². The molecule has 1 fully saturated rings. The van der Waals surface area contributed by atoms with E-state index in [1.54, 1.807) is 42.5 Å². The van der Waals surface area contributed by atoms with E-state index in [-0.39, 0.29) is 23.6 Å². The summed E-state index contributed by atoms with van der Waals surface area (Å²) in [5.41, 5.74) is 1.18. The summed E-state index contributed by atoms with van der Waals surface area (Å²) in [6.07, 6.45) is 3.32. The molecule has 5 rings (SSSR count). The maximum absolute atomic E-state index is 13.6. The monoisotopic (exact) mass is 565 g/mol. The van der Waals surface area contributed by atoms with Gasteiger partial charge in [0.2, 0.25) is 0 Å². The van der Waals surface area contributed by atoms with E-state index >= 15 is 0 Å². The average molecular weight is 566 g/mol. The number of urea groups is 1. The van der Waals surface area contributed by atoms with Crippen LogP contribution in [0.2, 0.25) is 0 Å². The topological polar surface area (TPSA) is 128 Å². The summed E-state index contributed by atoms with van der Waals surface area (Å²) in [7, 11) is 0. The highest BCUT2D eigenvalue weighted by atomic mass is 16.6. The molecule has 1 heterocycles. The molecule has 42 heavy (non-hydrogen) atoms. The molecule has 0 atom stereocenters. The second-order valence-corrected chi connectivity index (χ2v) is 9.56. The summed E-state index contributed by atoms with van der Waals surface area (Å²) >= 11 is 0. The predicted molar refractivity (Wildman–Crippen MR) is 157 cm³/mol. The maximum atomic E-state index is 13.6. The van der Waals surface area contributed by atoms with Crippen molar-refractivity contribution in [3.63, 3.8) is 0 Å². The van der Waals surface area contributed by atoms with Crippen LogP contribution in [0.3, 0.4) is 0 Å². The zero-order chi connectivity index (χ0) is 29.6. The van der Waals surface area contributed by atoms with Gasteiger partial charge in [-0.2, -0.15) is 0 Å². The number of benzene rings is 4. The van der Waals surface area contributed by atoms with Gasteiger partial charge in [-0.15, -0.1) is 0 Å². The van der Waals surface area contributed by atoms with Gasteiger partial charge >= 0.3 is 6.03 Å². The molecule has 4 aromatic rings. The molecule has 0 bridgehead atoms. The molecule has 0 spiro atoms. The van der Waals surface area contributed by atoms with Crippen molar-refractivity contribution in [3.05, 3.63) is 112 Å². The van der Waals surface area contributed by atoms with Crippen LogP contribution in [0.5, 0.6) is 11.5 Å². The number of nitrogens with one attached hydrogen (secondary N) is 1. The van der Waals surface area contributed by atoms with Crippen molar-refractivity contribution < 1.29 is 28.8 Å². The molecule has 212 valence electrons. The fraction of sp³-hybridized carbons (Fsp3) is 0.156. The first-order valence-corrected chi connectivity index (χ1v) is 13.4. The van der Waals surface area contributed by atoms with E-state index in [0.717, 1.165) is 28.5 Å². The smallest absolute Gasteiger partial charge is 0.335 e. The van der Waals surface area contributed by atoms with Gasteiger partial charge in [0.1, 0.15) is 23.7 Å². The van der Waals surface area contributed by atoms with Crippen LogP contribution in [0, 0.1) is 10.1 Å². The third-order valence-electron chi connectivity index (χ3n) is 6.72. The van der Waals surface area contributed by atoms with E-state index in [1.165, 1.54) is 18.2 Å². The standard InChI is InChI=1S/C32H27N3O7/c1-2-3-18-41-25-15-13-23(14-16-25)34-31(37)28(30(36)33-32(34)38)19-27-26-7-5-4-6-22(26)10-17-29(27)42-20-21-8-11-24(12-9-21)35(39)40/h4-17,19H,2-3,18,20H2,1H3,(H,33,36,38)/b28-19-. The second kappa shape index (κ2) is 12.3. The number of barbiturate groups is 1. The van der Waals surface area contributed by atoms with Gasteiger partial charge in [-0.3, -0.25) is 25.0 Å². The van der Waals surface area contributed by atoms with Gasteiger partial charge in [-0.25, -0.2) is 9.69 Å². The number of carbonyl (C=O) groups excluding carboxylic acids is 3. The number of anilines is 1. The van der Waals surface area contributed by atoms with Crippen molar-refractivity contribution >= 4 is 46.1 Å². The highest BCUT2D eigenvalue weighted by Crippen LogP contribution is 2.33. The Hall–Kier alpha value is -5.51. The summed E-state index contributed by atoms with van der Waals surface area (Å²) in [5.74, 6) is -0.612. The molecule has 0 saturated carbocycles. The predicted octanol–water partition coefficient (Wildman–Crippen LogP) is 6.17. The molecule has 10 heteroatoms. The summed E-state index contributed by atoms with van der Waals surface area (Å²) in [6.45, 7) is 2.70. The lowest BCUT2D eigenvalue weighted by molar-refractivity contribution is -0.384. The van der Waals surface area contributed by atoms with E-state index in [2.05, 4.69) is 12.2 Å². The normalized spacial score (nSPS) is 14.3. The first-order valence-electron chi connectivity index (χ1n) is 13.4. The third-order valence-corrected chi connectivity index (χ3v) is 6.72.